The molecule has 1 aromatic rings. The monoisotopic (exact) mass is 250 g/mol. The van der Waals surface area contributed by atoms with Crippen molar-refractivity contribution in [3.05, 3.63) is 24.0 Å². The van der Waals surface area contributed by atoms with Gasteiger partial charge in [0.2, 0.25) is 5.91 Å². The number of hydrogen-bond donors (Lipinski definition) is 2. The highest BCUT2D eigenvalue weighted by Crippen LogP contribution is 2.68. The van der Waals surface area contributed by atoms with Crippen LogP contribution in [0.5, 0.6) is 0 Å². The van der Waals surface area contributed by atoms with Crippen molar-refractivity contribution in [3.63, 3.8) is 0 Å². The predicted molar refractivity (Wildman–Crippen MR) is 70.5 cm³/mol. The van der Waals surface area contributed by atoms with E-state index in [4.69, 9.17) is 5.73 Å². The average Bonchev–Trinajstić information content (AvgIpc) is 2.63. The minimum atomic E-state index is -0.464. The Kier molecular flexibility index (Phi) is 2.65. The number of nitrogen functional groups attached to an aromatic ring is 1. The van der Waals surface area contributed by atoms with Crippen LogP contribution in [0, 0.1) is 22.6 Å². The second-order valence-electron chi connectivity index (χ2n) is 6.10. The van der Waals surface area contributed by atoms with E-state index >= 15 is 0 Å². The minimum Gasteiger partial charge on any atom is -0.399 e. The van der Waals surface area contributed by atoms with E-state index in [0.717, 1.165) is 0 Å². The molecule has 2 rings (SSSR count). The van der Waals surface area contributed by atoms with Crippen LogP contribution in [0.3, 0.4) is 0 Å². The van der Waals surface area contributed by atoms with E-state index in [-0.39, 0.29) is 28.3 Å². The Morgan fingerprint density at radius 3 is 2.33 bits per heavy atom. The van der Waals surface area contributed by atoms with Crippen LogP contribution in [-0.2, 0) is 4.79 Å². The molecule has 1 aliphatic carbocycles. The van der Waals surface area contributed by atoms with Crippen molar-refractivity contribution in [2.45, 2.75) is 27.7 Å². The summed E-state index contributed by atoms with van der Waals surface area (Å²) in [5.74, 6) is -0.714. The quantitative estimate of drug-likeness (QED) is 0.793. The van der Waals surface area contributed by atoms with Crippen LogP contribution in [0.15, 0.2) is 18.2 Å². The van der Waals surface area contributed by atoms with E-state index in [9.17, 15) is 9.18 Å². The van der Waals surface area contributed by atoms with E-state index in [0.29, 0.717) is 5.69 Å². The highest BCUT2D eigenvalue weighted by atomic mass is 19.1. The number of carbonyl (C=O) groups is 1. The van der Waals surface area contributed by atoms with Gasteiger partial charge in [-0.05, 0) is 29.0 Å². The number of nitrogens with one attached hydrogen (secondary N) is 1. The van der Waals surface area contributed by atoms with Gasteiger partial charge in [-0.3, -0.25) is 4.79 Å². The number of halogens is 1. The molecule has 0 aliphatic heterocycles. The van der Waals surface area contributed by atoms with Gasteiger partial charge in [-0.1, -0.05) is 27.7 Å². The molecule has 0 spiro atoms. The second kappa shape index (κ2) is 3.70. The maximum Gasteiger partial charge on any atom is 0.228 e. The molecule has 0 heterocycles. The summed E-state index contributed by atoms with van der Waals surface area (Å²) < 4.78 is 13.5. The summed E-state index contributed by atoms with van der Waals surface area (Å²) in [5, 5.41) is 2.63. The van der Waals surface area contributed by atoms with Gasteiger partial charge in [-0.25, -0.2) is 4.39 Å². The van der Waals surface area contributed by atoms with Gasteiger partial charge < -0.3 is 11.1 Å². The first-order chi connectivity index (χ1) is 8.18. The lowest BCUT2D eigenvalue weighted by Gasteiger charge is -2.08. The molecule has 98 valence electrons. The second-order valence-corrected chi connectivity index (χ2v) is 6.10. The summed E-state index contributed by atoms with van der Waals surface area (Å²) in [6.07, 6.45) is 0. The molecule has 0 radical (unpaired) electrons. The van der Waals surface area contributed by atoms with Crippen LogP contribution in [0.2, 0.25) is 0 Å². The van der Waals surface area contributed by atoms with Gasteiger partial charge in [-0.15, -0.1) is 0 Å². The molecule has 0 unspecified atom stereocenters. The molecule has 3 N–H and O–H groups in total. The van der Waals surface area contributed by atoms with Gasteiger partial charge in [0.1, 0.15) is 5.82 Å². The molecule has 1 aliphatic rings. The van der Waals surface area contributed by atoms with E-state index in [1.165, 1.54) is 18.2 Å². The van der Waals surface area contributed by atoms with Gasteiger partial charge in [0.25, 0.3) is 0 Å². The van der Waals surface area contributed by atoms with Crippen molar-refractivity contribution in [1.82, 2.24) is 0 Å². The van der Waals surface area contributed by atoms with E-state index < -0.39 is 5.82 Å². The number of nitrogens with two attached hydrogens (primary N) is 1. The molecule has 1 saturated carbocycles. The van der Waals surface area contributed by atoms with E-state index in [1.54, 1.807) is 0 Å². The van der Waals surface area contributed by atoms with Gasteiger partial charge in [0.15, 0.2) is 0 Å². The highest BCUT2D eigenvalue weighted by Gasteiger charge is 2.68. The van der Waals surface area contributed by atoms with E-state index in [2.05, 4.69) is 5.32 Å². The van der Waals surface area contributed by atoms with Crippen LogP contribution in [0.1, 0.15) is 27.7 Å². The standard InChI is InChI=1S/C14H19FN2O/c1-13(2)11(14(13,3)4)12(18)17-10-7-8(16)5-6-9(10)15/h5-7,11H,16H2,1-4H3,(H,17,18). The van der Waals surface area contributed by atoms with Crippen LogP contribution >= 0.6 is 0 Å². The minimum absolute atomic E-state index is 0.0616. The third-order valence-electron chi connectivity index (χ3n) is 4.53. The zero-order valence-electron chi connectivity index (χ0n) is 11.2. The van der Waals surface area contributed by atoms with E-state index in [1.807, 2.05) is 27.7 Å². The molecule has 0 bridgehead atoms. The van der Waals surface area contributed by atoms with Gasteiger partial charge >= 0.3 is 0 Å². The molecule has 3 nitrogen and oxygen atoms in total. The Hall–Kier alpha value is -1.58. The normalized spacial score (nSPS) is 20.5. The van der Waals surface area contributed by atoms with Gasteiger partial charge in [0.05, 0.1) is 5.69 Å². The van der Waals surface area contributed by atoms with Crippen LogP contribution in [0.25, 0.3) is 0 Å². The molecular weight excluding hydrogens is 231 g/mol. The smallest absolute Gasteiger partial charge is 0.228 e. The summed E-state index contributed by atoms with van der Waals surface area (Å²) in [5.41, 5.74) is 6.04. The van der Waals surface area contributed by atoms with Crippen LogP contribution < -0.4 is 11.1 Å². The fourth-order valence-corrected chi connectivity index (χ4v) is 2.70. The topological polar surface area (TPSA) is 55.1 Å². The van der Waals surface area contributed by atoms with Crippen molar-refractivity contribution in [2.75, 3.05) is 11.1 Å². The van der Waals surface area contributed by atoms with Crippen molar-refractivity contribution < 1.29 is 9.18 Å². The summed E-state index contributed by atoms with van der Waals surface area (Å²) in [6, 6.07) is 4.17. The molecule has 0 atom stereocenters. The molecular formula is C14H19FN2O. The lowest BCUT2D eigenvalue weighted by Crippen LogP contribution is -2.18. The molecule has 1 fully saturated rings. The van der Waals surface area contributed by atoms with Crippen molar-refractivity contribution in [1.29, 1.82) is 0 Å². The molecule has 0 saturated heterocycles. The summed E-state index contributed by atoms with van der Waals surface area (Å²) in [7, 11) is 0. The van der Waals surface area contributed by atoms with Gasteiger partial charge in [0, 0.05) is 11.6 Å². The number of rotatable bonds is 2. The lowest BCUT2D eigenvalue weighted by atomic mass is 10.0. The third kappa shape index (κ3) is 1.76. The molecule has 1 amide bonds. The number of amides is 1. The Morgan fingerprint density at radius 1 is 1.28 bits per heavy atom. The number of benzene rings is 1. The Labute approximate surface area is 107 Å². The zero-order chi connectivity index (χ0) is 13.7. The largest absolute Gasteiger partial charge is 0.399 e. The Morgan fingerprint density at radius 2 is 1.83 bits per heavy atom. The van der Waals surface area contributed by atoms with Crippen molar-refractivity contribution in [3.8, 4) is 0 Å². The van der Waals surface area contributed by atoms with Crippen molar-refractivity contribution in [2.24, 2.45) is 16.7 Å². The molecule has 4 heteroatoms. The Bertz CT molecular complexity index is 495. The fraction of sp³-hybridized carbons (Fsp3) is 0.500. The third-order valence-corrected chi connectivity index (χ3v) is 4.53. The maximum atomic E-state index is 13.5. The van der Waals surface area contributed by atoms with Crippen LogP contribution in [0.4, 0.5) is 15.8 Å². The number of hydrogen-bond acceptors (Lipinski definition) is 2. The molecule has 18 heavy (non-hydrogen) atoms. The van der Waals surface area contributed by atoms with Gasteiger partial charge in [-0.2, -0.15) is 0 Å². The molecule has 0 aromatic heterocycles. The summed E-state index contributed by atoms with van der Waals surface area (Å²) >= 11 is 0. The Balaban J connectivity index is 2.17. The number of anilines is 2. The number of carbonyl (C=O) groups excluding carboxylic acids is 1. The maximum absolute atomic E-state index is 13.5. The first kappa shape index (κ1) is 12.9. The fourth-order valence-electron chi connectivity index (χ4n) is 2.70. The van der Waals surface area contributed by atoms with Crippen molar-refractivity contribution >= 4 is 17.3 Å². The predicted octanol–water partition coefficient (Wildman–Crippen LogP) is 3.03. The van der Waals surface area contributed by atoms with Crippen LogP contribution in [-0.4, -0.2) is 5.91 Å². The first-order valence-corrected chi connectivity index (χ1v) is 6.04. The summed E-state index contributed by atoms with van der Waals surface area (Å²) in [4.78, 5) is 12.2. The molecule has 1 aromatic carbocycles. The zero-order valence-corrected chi connectivity index (χ0v) is 11.2. The highest BCUT2D eigenvalue weighted by molar-refractivity contribution is 5.96. The first-order valence-electron chi connectivity index (χ1n) is 6.04. The average molecular weight is 250 g/mol. The lowest BCUT2D eigenvalue weighted by molar-refractivity contribution is -0.118. The SMILES string of the molecule is CC1(C)C(C(=O)Nc2cc(N)ccc2F)C1(C)C. The summed E-state index contributed by atoms with van der Waals surface area (Å²) in [6.45, 7) is 8.19.